The van der Waals surface area contributed by atoms with Crippen molar-refractivity contribution in [3.8, 4) is 0 Å². The first-order chi connectivity index (χ1) is 12.7. The van der Waals surface area contributed by atoms with Crippen LogP contribution in [0.15, 0.2) is 72.8 Å². The SMILES string of the molecule is CCCc1ccc(P(c2ccc(C)cc2)c2ccc(CCC)cc2)cc1. The van der Waals surface area contributed by atoms with E-state index in [1.807, 2.05) is 0 Å². The minimum absolute atomic E-state index is 0.502. The second kappa shape index (κ2) is 9.15. The molecule has 0 amide bonds. The van der Waals surface area contributed by atoms with Crippen LogP contribution in [0.1, 0.15) is 43.4 Å². The average molecular weight is 360 g/mol. The molecule has 0 heterocycles. The van der Waals surface area contributed by atoms with Crippen LogP contribution in [0.4, 0.5) is 0 Å². The first kappa shape index (κ1) is 18.9. The normalized spacial score (nSPS) is 11.1. The van der Waals surface area contributed by atoms with Gasteiger partial charge < -0.3 is 0 Å². The minimum Gasteiger partial charge on any atom is -0.0651 e. The van der Waals surface area contributed by atoms with Gasteiger partial charge in [-0.1, -0.05) is 105 Å². The molecule has 3 aromatic carbocycles. The van der Waals surface area contributed by atoms with E-state index in [1.165, 1.54) is 45.4 Å². The van der Waals surface area contributed by atoms with Crippen LogP contribution in [0.25, 0.3) is 0 Å². The van der Waals surface area contributed by atoms with Crippen molar-refractivity contribution in [3.05, 3.63) is 89.5 Å². The summed E-state index contributed by atoms with van der Waals surface area (Å²) in [6.45, 7) is 6.64. The van der Waals surface area contributed by atoms with Crippen molar-refractivity contribution in [2.24, 2.45) is 0 Å². The van der Waals surface area contributed by atoms with Crippen LogP contribution in [0.5, 0.6) is 0 Å². The molecule has 0 N–H and O–H groups in total. The van der Waals surface area contributed by atoms with Gasteiger partial charge in [0, 0.05) is 0 Å². The monoisotopic (exact) mass is 360 g/mol. The molecular weight excluding hydrogens is 331 g/mol. The molecule has 0 aromatic heterocycles. The quantitative estimate of drug-likeness (QED) is 0.477. The maximum absolute atomic E-state index is 2.34. The van der Waals surface area contributed by atoms with Gasteiger partial charge in [0.15, 0.2) is 0 Å². The van der Waals surface area contributed by atoms with Crippen molar-refractivity contribution < 1.29 is 0 Å². The van der Waals surface area contributed by atoms with Crippen LogP contribution in [0.3, 0.4) is 0 Å². The maximum atomic E-state index is 2.34. The molecule has 26 heavy (non-hydrogen) atoms. The van der Waals surface area contributed by atoms with Gasteiger partial charge in [-0.15, -0.1) is 0 Å². The molecule has 3 aromatic rings. The van der Waals surface area contributed by atoms with Gasteiger partial charge in [-0.05, 0) is 54.7 Å². The van der Waals surface area contributed by atoms with E-state index in [2.05, 4.69) is 93.6 Å². The third-order valence-corrected chi connectivity index (χ3v) is 7.20. The molecule has 0 radical (unpaired) electrons. The van der Waals surface area contributed by atoms with Crippen molar-refractivity contribution in [3.63, 3.8) is 0 Å². The van der Waals surface area contributed by atoms with E-state index in [0.717, 1.165) is 12.8 Å². The van der Waals surface area contributed by atoms with Crippen molar-refractivity contribution in [2.45, 2.75) is 46.5 Å². The smallest absolute Gasteiger partial charge is 0.0134 e. The largest absolute Gasteiger partial charge is 0.0651 e. The Morgan fingerprint density at radius 3 is 1.23 bits per heavy atom. The highest BCUT2D eigenvalue weighted by molar-refractivity contribution is 7.79. The van der Waals surface area contributed by atoms with Crippen LogP contribution in [-0.4, -0.2) is 0 Å². The fraction of sp³-hybridized carbons (Fsp3) is 0.280. The number of benzene rings is 3. The summed E-state index contributed by atoms with van der Waals surface area (Å²) in [5.74, 6) is 0. The lowest BCUT2D eigenvalue weighted by atomic mass is 10.1. The Bertz CT molecular complexity index is 749. The zero-order valence-electron chi connectivity index (χ0n) is 16.2. The first-order valence-corrected chi connectivity index (χ1v) is 11.1. The molecule has 134 valence electrons. The average Bonchev–Trinajstić information content (AvgIpc) is 2.67. The molecule has 0 fully saturated rings. The van der Waals surface area contributed by atoms with Crippen LogP contribution >= 0.6 is 7.92 Å². The third kappa shape index (κ3) is 4.63. The van der Waals surface area contributed by atoms with Crippen LogP contribution in [0, 0.1) is 6.92 Å². The Morgan fingerprint density at radius 2 is 0.885 bits per heavy atom. The molecule has 0 saturated heterocycles. The van der Waals surface area contributed by atoms with Gasteiger partial charge in [-0.2, -0.15) is 0 Å². The van der Waals surface area contributed by atoms with Gasteiger partial charge >= 0.3 is 0 Å². The summed E-state index contributed by atoms with van der Waals surface area (Å²) in [6.07, 6.45) is 4.72. The zero-order chi connectivity index (χ0) is 18.4. The highest BCUT2D eigenvalue weighted by atomic mass is 31.1. The highest BCUT2D eigenvalue weighted by Crippen LogP contribution is 2.33. The Labute approximate surface area is 160 Å². The van der Waals surface area contributed by atoms with Gasteiger partial charge in [-0.3, -0.25) is 0 Å². The standard InChI is InChI=1S/C25H29P/c1-4-6-21-10-16-24(17-11-21)26(23-14-8-20(3)9-15-23)25-18-12-22(7-5-2)13-19-25/h8-19H,4-7H2,1-3H3. The third-order valence-electron chi connectivity index (χ3n) is 4.76. The summed E-state index contributed by atoms with van der Waals surface area (Å²) in [5.41, 5.74) is 4.20. The molecule has 0 atom stereocenters. The molecule has 0 aliphatic carbocycles. The first-order valence-electron chi connectivity index (χ1n) is 9.76. The Kier molecular flexibility index (Phi) is 6.64. The molecule has 3 rings (SSSR count). The molecule has 0 bridgehead atoms. The maximum Gasteiger partial charge on any atom is -0.0134 e. The van der Waals surface area contributed by atoms with E-state index >= 15 is 0 Å². The van der Waals surface area contributed by atoms with E-state index in [0.29, 0.717) is 0 Å². The van der Waals surface area contributed by atoms with Gasteiger partial charge in [0.25, 0.3) is 0 Å². The summed E-state index contributed by atoms with van der Waals surface area (Å²) in [6, 6.07) is 27.7. The minimum atomic E-state index is -0.502. The summed E-state index contributed by atoms with van der Waals surface area (Å²) >= 11 is 0. The van der Waals surface area contributed by atoms with E-state index in [1.54, 1.807) is 0 Å². The Hall–Kier alpha value is -1.91. The van der Waals surface area contributed by atoms with E-state index in [-0.39, 0.29) is 0 Å². The van der Waals surface area contributed by atoms with Crippen molar-refractivity contribution in [1.29, 1.82) is 0 Å². The van der Waals surface area contributed by atoms with Gasteiger partial charge in [0.1, 0.15) is 0 Å². The molecule has 0 saturated carbocycles. The second-order valence-electron chi connectivity index (χ2n) is 7.00. The summed E-state index contributed by atoms with van der Waals surface area (Å²) < 4.78 is 0. The second-order valence-corrected chi connectivity index (χ2v) is 9.22. The predicted molar refractivity (Wildman–Crippen MR) is 118 cm³/mol. The van der Waals surface area contributed by atoms with Gasteiger partial charge in [0.05, 0.1) is 0 Å². The Morgan fingerprint density at radius 1 is 0.538 bits per heavy atom. The zero-order valence-corrected chi connectivity index (χ0v) is 17.1. The van der Waals surface area contributed by atoms with Crippen molar-refractivity contribution >= 4 is 23.8 Å². The highest BCUT2D eigenvalue weighted by Gasteiger charge is 2.16. The molecule has 0 aliphatic rings. The molecule has 0 spiro atoms. The number of hydrogen-bond acceptors (Lipinski definition) is 0. The van der Waals surface area contributed by atoms with E-state index in [9.17, 15) is 0 Å². The van der Waals surface area contributed by atoms with E-state index in [4.69, 9.17) is 0 Å². The number of aryl methyl sites for hydroxylation is 3. The van der Waals surface area contributed by atoms with Gasteiger partial charge in [0.2, 0.25) is 0 Å². The van der Waals surface area contributed by atoms with Crippen LogP contribution in [-0.2, 0) is 12.8 Å². The number of rotatable bonds is 7. The molecule has 0 nitrogen and oxygen atoms in total. The van der Waals surface area contributed by atoms with Crippen LogP contribution in [0.2, 0.25) is 0 Å². The summed E-state index contributed by atoms with van der Waals surface area (Å²) in [5, 5.41) is 4.30. The summed E-state index contributed by atoms with van der Waals surface area (Å²) in [4.78, 5) is 0. The fourth-order valence-electron chi connectivity index (χ4n) is 3.34. The Balaban J connectivity index is 1.99. The lowest BCUT2D eigenvalue weighted by molar-refractivity contribution is 0.922. The van der Waals surface area contributed by atoms with Gasteiger partial charge in [-0.25, -0.2) is 0 Å². The van der Waals surface area contributed by atoms with Crippen molar-refractivity contribution in [1.82, 2.24) is 0 Å². The van der Waals surface area contributed by atoms with Crippen molar-refractivity contribution in [2.75, 3.05) is 0 Å². The van der Waals surface area contributed by atoms with E-state index < -0.39 is 7.92 Å². The molecule has 1 heteroatoms. The lowest BCUT2D eigenvalue weighted by Gasteiger charge is -2.20. The molecule has 0 unspecified atom stereocenters. The molecular formula is C25H29P. The molecule has 0 aliphatic heterocycles. The predicted octanol–water partition coefficient (Wildman–Crippen LogP) is 5.66. The topological polar surface area (TPSA) is 0 Å². The van der Waals surface area contributed by atoms with Crippen LogP contribution < -0.4 is 15.9 Å². The lowest BCUT2D eigenvalue weighted by Crippen LogP contribution is -2.20. The fourth-order valence-corrected chi connectivity index (χ4v) is 5.58. The number of hydrogen-bond donors (Lipinski definition) is 0. The summed E-state index contributed by atoms with van der Waals surface area (Å²) in [7, 11) is -0.502.